The van der Waals surface area contributed by atoms with Crippen LogP contribution >= 0.6 is 0 Å². The fourth-order valence-corrected chi connectivity index (χ4v) is 12.1. The fourth-order valence-electron chi connectivity index (χ4n) is 11.1. The predicted octanol–water partition coefficient (Wildman–Crippen LogP) is 8.19. The number of fused-ring (bicyclic) bond motifs is 2. The van der Waals surface area contributed by atoms with Gasteiger partial charge in [0, 0.05) is 49.0 Å². The monoisotopic (exact) mass is 949 g/mol. The predicted molar refractivity (Wildman–Crippen MR) is 253 cm³/mol. The third-order valence-electron chi connectivity index (χ3n) is 15.0. The van der Waals surface area contributed by atoms with Gasteiger partial charge < -0.3 is 33.9 Å². The molecule has 360 valence electrons. The highest BCUT2D eigenvalue weighted by Gasteiger charge is 2.50. The molecule has 1 spiro atoms. The van der Waals surface area contributed by atoms with E-state index in [1.807, 2.05) is 13.0 Å². The lowest BCUT2D eigenvalue weighted by Gasteiger charge is -2.57. The van der Waals surface area contributed by atoms with E-state index < -0.39 is 43.3 Å². The summed E-state index contributed by atoms with van der Waals surface area (Å²) in [6, 6.07) is 18.9. The number of rotatable bonds is 12. The molecular formula is C50H59N7O10S. The molecule has 5 aliphatic rings. The molecule has 3 aromatic heterocycles. The summed E-state index contributed by atoms with van der Waals surface area (Å²) in [7, 11) is -4.80. The van der Waals surface area contributed by atoms with Crippen molar-refractivity contribution in [2.24, 2.45) is 11.3 Å². The molecule has 17 nitrogen and oxygen atoms in total. The number of pyridine rings is 2. The number of benzene rings is 2. The number of carbonyl (C=O) groups is 1. The number of sulfonamides is 1. The van der Waals surface area contributed by atoms with Crippen molar-refractivity contribution in [3.63, 3.8) is 0 Å². The number of carbonyl (C=O) groups excluding carboxylic acids is 1. The Bertz CT molecular complexity index is 2810. The van der Waals surface area contributed by atoms with E-state index >= 15 is 0 Å². The van der Waals surface area contributed by atoms with Crippen molar-refractivity contribution in [3.8, 4) is 23.1 Å². The number of nitro groups is 1. The zero-order chi connectivity index (χ0) is 47.4. The molecule has 2 aromatic carbocycles. The van der Waals surface area contributed by atoms with Crippen LogP contribution in [-0.2, 0) is 14.8 Å². The van der Waals surface area contributed by atoms with Gasteiger partial charge in [-0.15, -0.1) is 0 Å². The van der Waals surface area contributed by atoms with Crippen molar-refractivity contribution >= 4 is 38.3 Å². The average Bonchev–Trinajstić information content (AvgIpc) is 3.79. The van der Waals surface area contributed by atoms with Gasteiger partial charge in [-0.05, 0) is 117 Å². The van der Waals surface area contributed by atoms with Crippen molar-refractivity contribution in [2.75, 3.05) is 44.4 Å². The summed E-state index contributed by atoms with van der Waals surface area (Å²) >= 11 is 0. The van der Waals surface area contributed by atoms with E-state index in [4.69, 9.17) is 18.9 Å². The van der Waals surface area contributed by atoms with Crippen LogP contribution in [0.25, 0.3) is 11.0 Å². The van der Waals surface area contributed by atoms with E-state index in [0.29, 0.717) is 49.2 Å². The highest BCUT2D eigenvalue weighted by atomic mass is 32.2. The summed E-state index contributed by atoms with van der Waals surface area (Å²) in [6.07, 6.45) is 10.4. The summed E-state index contributed by atoms with van der Waals surface area (Å²) in [6.45, 7) is 10.3. The summed E-state index contributed by atoms with van der Waals surface area (Å²) in [5.41, 5.74) is 3.01. The fraction of sp³-hybridized carbons (Fsp3) is 0.500. The number of hydrogen-bond acceptors (Lipinski definition) is 14. The summed E-state index contributed by atoms with van der Waals surface area (Å²) in [5.74, 6) is -0.560. The van der Waals surface area contributed by atoms with Crippen LogP contribution in [0, 0.1) is 21.4 Å². The molecule has 68 heavy (non-hydrogen) atoms. The van der Waals surface area contributed by atoms with Crippen molar-refractivity contribution < 1.29 is 42.2 Å². The number of ether oxygens (including phenoxy) is 4. The van der Waals surface area contributed by atoms with Gasteiger partial charge in [-0.1, -0.05) is 38.1 Å². The molecule has 4 fully saturated rings. The molecule has 2 saturated carbocycles. The zero-order valence-electron chi connectivity index (χ0n) is 38.7. The Morgan fingerprint density at radius 1 is 1.04 bits per heavy atom. The first-order valence-electron chi connectivity index (χ1n) is 23.8. The van der Waals surface area contributed by atoms with Gasteiger partial charge >= 0.3 is 5.69 Å². The molecule has 0 unspecified atom stereocenters. The lowest BCUT2D eigenvalue weighted by molar-refractivity contribution is -0.386. The van der Waals surface area contributed by atoms with Crippen LogP contribution in [0.15, 0.2) is 78.1 Å². The molecule has 2 aliphatic carbocycles. The second kappa shape index (κ2) is 18.3. The minimum Gasteiger partial charge on any atom is -0.476 e. The van der Waals surface area contributed by atoms with Crippen LogP contribution < -0.4 is 23.8 Å². The minimum absolute atomic E-state index is 0.00223. The van der Waals surface area contributed by atoms with E-state index in [2.05, 4.69) is 67.6 Å². The number of morpholine rings is 1. The molecule has 5 aromatic rings. The van der Waals surface area contributed by atoms with Crippen molar-refractivity contribution in [1.29, 1.82) is 0 Å². The first kappa shape index (κ1) is 45.9. The Kier molecular flexibility index (Phi) is 12.3. The van der Waals surface area contributed by atoms with E-state index in [0.717, 1.165) is 81.9 Å². The molecule has 0 bridgehead atoms. The Labute approximate surface area is 395 Å². The zero-order valence-corrected chi connectivity index (χ0v) is 39.5. The number of H-pyrrole nitrogens is 1. The maximum Gasteiger partial charge on any atom is 0.319 e. The van der Waals surface area contributed by atoms with Crippen molar-refractivity contribution in [3.05, 3.63) is 99.9 Å². The minimum atomic E-state index is -4.80. The third kappa shape index (κ3) is 9.34. The van der Waals surface area contributed by atoms with Crippen LogP contribution in [-0.4, -0.2) is 101 Å². The molecule has 2 atom stereocenters. The quantitative estimate of drug-likeness (QED) is 0.0795. The maximum atomic E-state index is 14.1. The SMILES string of the molecule is CC(C)c1ccccc1[C@@H]1COCCN1C1CC2(CCN(c3ccc(C(=O)NS(=O)(=O)c4cc([N+](=O)[O-])c5c(n4)OC[C@H](CC4CCC(C)(O)CC4)O5)c(Oc4cnc5[nH]ccc5c4)c3)CC2)C1. The molecule has 3 aliphatic heterocycles. The molecule has 2 saturated heterocycles. The number of anilines is 1. The molecule has 3 N–H and O–H groups in total. The number of nitrogens with zero attached hydrogens (tertiary/aromatic N) is 5. The van der Waals surface area contributed by atoms with E-state index in [9.17, 15) is 28.4 Å². The Morgan fingerprint density at radius 2 is 1.82 bits per heavy atom. The first-order chi connectivity index (χ1) is 32.6. The third-order valence-corrected chi connectivity index (χ3v) is 16.2. The lowest BCUT2D eigenvalue weighted by atomic mass is 9.59. The van der Waals surface area contributed by atoms with E-state index in [1.165, 1.54) is 23.4 Å². The second-order valence-electron chi connectivity index (χ2n) is 20.1. The van der Waals surface area contributed by atoms with Gasteiger partial charge in [0.25, 0.3) is 27.6 Å². The van der Waals surface area contributed by atoms with Gasteiger partial charge in [0.05, 0.1) is 47.6 Å². The van der Waals surface area contributed by atoms with Crippen LogP contribution in [0.2, 0.25) is 0 Å². The highest BCUT2D eigenvalue weighted by Crippen LogP contribution is 2.53. The van der Waals surface area contributed by atoms with Gasteiger partial charge in [-0.25, -0.2) is 9.71 Å². The van der Waals surface area contributed by atoms with Crippen molar-refractivity contribution in [1.82, 2.24) is 24.6 Å². The van der Waals surface area contributed by atoms with E-state index in [-0.39, 0.29) is 46.9 Å². The number of aliphatic hydroxyl groups is 1. The van der Waals surface area contributed by atoms with E-state index in [1.54, 1.807) is 24.4 Å². The van der Waals surface area contributed by atoms with Crippen LogP contribution in [0.5, 0.6) is 23.1 Å². The smallest absolute Gasteiger partial charge is 0.319 e. The summed E-state index contributed by atoms with van der Waals surface area (Å²) in [4.78, 5) is 42.2. The number of aromatic amines is 1. The normalized spacial score (nSPS) is 24.2. The van der Waals surface area contributed by atoms with Crippen LogP contribution in [0.4, 0.5) is 11.4 Å². The van der Waals surface area contributed by atoms with Gasteiger partial charge in [-0.2, -0.15) is 13.4 Å². The van der Waals surface area contributed by atoms with Gasteiger partial charge in [-0.3, -0.25) is 19.8 Å². The number of nitrogens with one attached hydrogen (secondary N) is 2. The molecule has 6 heterocycles. The standard InChI is InChI=1S/C50H59N7O10S/c1-31(2)38-6-4-5-7-39(38)42-30-64-21-20-56(42)35-26-50(27-35)15-18-55(19-16-50)34-8-9-40(43(24-34)66-36-23-33-12-17-51-46(33)52-28-36)47(58)54-68(62,63)44-25-41(57(60)61)45-48(53-44)65-29-37(67-45)22-32-10-13-49(3,59)14-11-32/h4-9,12,17,23-25,28,31-32,35,37,42,59H,10-11,13-16,18-22,26-27,29-30H2,1-3H3,(H,51,52)(H,54,58)/t32?,37-,42-,49?/m0/s1. The van der Waals surface area contributed by atoms with Crippen molar-refractivity contribution in [2.45, 2.75) is 113 Å². The largest absolute Gasteiger partial charge is 0.476 e. The number of amides is 1. The van der Waals surface area contributed by atoms with Gasteiger partial charge in [0.15, 0.2) is 5.03 Å². The Balaban J connectivity index is 0.847. The lowest BCUT2D eigenvalue weighted by Crippen LogP contribution is -2.58. The Morgan fingerprint density at radius 3 is 2.59 bits per heavy atom. The number of piperidine rings is 1. The number of hydrogen-bond donors (Lipinski definition) is 3. The van der Waals surface area contributed by atoms with Crippen LogP contribution in [0.3, 0.4) is 0 Å². The molecule has 10 rings (SSSR count). The van der Waals surface area contributed by atoms with Crippen LogP contribution in [0.1, 0.15) is 112 Å². The molecular weight excluding hydrogens is 891 g/mol. The molecule has 1 amide bonds. The second-order valence-corrected chi connectivity index (χ2v) is 21.7. The molecule has 18 heteroatoms. The average molecular weight is 950 g/mol. The highest BCUT2D eigenvalue weighted by molar-refractivity contribution is 7.90. The first-order valence-corrected chi connectivity index (χ1v) is 25.3. The topological polar surface area (TPSA) is 212 Å². The van der Waals surface area contributed by atoms with Gasteiger partial charge in [0.2, 0.25) is 0 Å². The number of aromatic nitrogens is 3. The Hall–Kier alpha value is -5.82. The summed E-state index contributed by atoms with van der Waals surface area (Å²) < 4.78 is 54.1. The summed E-state index contributed by atoms with van der Waals surface area (Å²) in [5, 5.41) is 22.7. The van der Waals surface area contributed by atoms with Gasteiger partial charge in [0.1, 0.15) is 29.9 Å². The molecule has 0 radical (unpaired) electrons. The maximum absolute atomic E-state index is 14.1.